The lowest BCUT2D eigenvalue weighted by atomic mass is 10.0. The number of hydrogen-bond donors (Lipinski definition) is 0. The molecule has 2 aliphatic rings. The molecule has 0 aromatic heterocycles. The predicted octanol–water partition coefficient (Wildman–Crippen LogP) is 3.17. The Morgan fingerprint density at radius 3 is 2.64 bits per heavy atom. The Balaban J connectivity index is 2.06. The van der Waals surface area contributed by atoms with E-state index < -0.39 is 0 Å². The number of hydrogen-bond acceptors (Lipinski definition) is 1. The second-order valence-electron chi connectivity index (χ2n) is 4.22. The summed E-state index contributed by atoms with van der Waals surface area (Å²) >= 11 is 2.23. The summed E-state index contributed by atoms with van der Waals surface area (Å²) in [5.41, 5.74) is 0. The first kappa shape index (κ1) is 7.97. The quantitative estimate of drug-likeness (QED) is 0.613. The van der Waals surface area contributed by atoms with Crippen molar-refractivity contribution in [2.75, 3.05) is 5.75 Å². The van der Waals surface area contributed by atoms with Gasteiger partial charge in [0.25, 0.3) is 0 Å². The van der Waals surface area contributed by atoms with E-state index in [1.807, 2.05) is 0 Å². The molecule has 2 rings (SSSR count). The summed E-state index contributed by atoms with van der Waals surface area (Å²) in [6.45, 7) is 7.18. The van der Waals surface area contributed by atoms with Gasteiger partial charge in [0.1, 0.15) is 0 Å². The molecule has 0 heterocycles. The van der Waals surface area contributed by atoms with Crippen molar-refractivity contribution < 1.29 is 0 Å². The predicted molar refractivity (Wildman–Crippen MR) is 51.9 cm³/mol. The summed E-state index contributed by atoms with van der Waals surface area (Å²) in [5, 5.41) is 0. The van der Waals surface area contributed by atoms with E-state index in [-0.39, 0.29) is 0 Å². The van der Waals surface area contributed by atoms with Gasteiger partial charge in [-0.1, -0.05) is 20.8 Å². The van der Waals surface area contributed by atoms with Gasteiger partial charge in [-0.2, -0.15) is 11.8 Å². The highest BCUT2D eigenvalue weighted by Crippen LogP contribution is 2.70. The molecule has 0 aromatic carbocycles. The van der Waals surface area contributed by atoms with Crippen LogP contribution in [0.5, 0.6) is 0 Å². The average Bonchev–Trinajstić information content (AvgIpc) is 2.35. The topological polar surface area (TPSA) is 0 Å². The van der Waals surface area contributed by atoms with Crippen molar-refractivity contribution in [1.29, 1.82) is 0 Å². The third-order valence-corrected chi connectivity index (χ3v) is 5.46. The van der Waals surface area contributed by atoms with E-state index in [1.165, 1.54) is 18.6 Å². The molecule has 4 unspecified atom stereocenters. The number of thioether (sulfide) groups is 1. The van der Waals surface area contributed by atoms with Crippen LogP contribution in [-0.2, 0) is 0 Å². The summed E-state index contributed by atoms with van der Waals surface area (Å²) < 4.78 is 0.758. The highest BCUT2D eigenvalue weighted by molar-refractivity contribution is 8.00. The molecule has 0 amide bonds. The van der Waals surface area contributed by atoms with Crippen molar-refractivity contribution in [3.63, 3.8) is 0 Å². The molecule has 0 aliphatic heterocycles. The minimum absolute atomic E-state index is 0.758. The first-order chi connectivity index (χ1) is 5.22. The smallest absolute Gasteiger partial charge is 0.0222 e. The Bertz CT molecular complexity index is 162. The normalized spacial score (nSPS) is 54.3. The van der Waals surface area contributed by atoms with Crippen LogP contribution in [-0.4, -0.2) is 10.5 Å². The highest BCUT2D eigenvalue weighted by atomic mass is 32.2. The average molecular weight is 170 g/mol. The standard InChI is InChI=1S/C10H18S/c1-4-11-10-6-5-7(2)9(10)8(10)3/h7-9H,4-6H2,1-3H3. The summed E-state index contributed by atoms with van der Waals surface area (Å²) in [4.78, 5) is 0. The van der Waals surface area contributed by atoms with Crippen LogP contribution in [0, 0.1) is 17.8 Å². The van der Waals surface area contributed by atoms with Gasteiger partial charge >= 0.3 is 0 Å². The Morgan fingerprint density at radius 2 is 2.18 bits per heavy atom. The molecule has 2 fully saturated rings. The SMILES string of the molecule is CCSC12CCC(C)C1C2C. The molecule has 0 nitrogen and oxygen atoms in total. The van der Waals surface area contributed by atoms with Crippen molar-refractivity contribution in [1.82, 2.24) is 0 Å². The van der Waals surface area contributed by atoms with E-state index in [0.717, 1.165) is 22.5 Å². The lowest BCUT2D eigenvalue weighted by Gasteiger charge is -2.10. The van der Waals surface area contributed by atoms with Crippen LogP contribution in [0.4, 0.5) is 0 Å². The van der Waals surface area contributed by atoms with Crippen molar-refractivity contribution in [2.24, 2.45) is 17.8 Å². The zero-order chi connectivity index (χ0) is 8.06. The van der Waals surface area contributed by atoms with Crippen molar-refractivity contribution in [3.8, 4) is 0 Å². The minimum atomic E-state index is 0.758. The fourth-order valence-electron chi connectivity index (χ4n) is 3.20. The zero-order valence-corrected chi connectivity index (χ0v) is 8.58. The highest BCUT2D eigenvalue weighted by Gasteiger charge is 2.66. The third-order valence-electron chi connectivity index (χ3n) is 3.78. The Kier molecular flexibility index (Phi) is 1.75. The van der Waals surface area contributed by atoms with Gasteiger partial charge < -0.3 is 0 Å². The fourth-order valence-corrected chi connectivity index (χ4v) is 4.97. The van der Waals surface area contributed by atoms with Crippen LogP contribution in [0.25, 0.3) is 0 Å². The molecule has 2 saturated carbocycles. The lowest BCUT2D eigenvalue weighted by Crippen LogP contribution is -2.03. The maximum atomic E-state index is 2.45. The van der Waals surface area contributed by atoms with Crippen molar-refractivity contribution in [3.05, 3.63) is 0 Å². The molecular weight excluding hydrogens is 152 g/mol. The number of rotatable bonds is 2. The fraction of sp³-hybridized carbons (Fsp3) is 1.00. The van der Waals surface area contributed by atoms with Crippen molar-refractivity contribution in [2.45, 2.75) is 38.4 Å². The van der Waals surface area contributed by atoms with E-state index >= 15 is 0 Å². The Labute approximate surface area is 74.1 Å². The monoisotopic (exact) mass is 170 g/mol. The van der Waals surface area contributed by atoms with Crippen LogP contribution < -0.4 is 0 Å². The Hall–Kier alpha value is 0.350. The van der Waals surface area contributed by atoms with E-state index in [2.05, 4.69) is 32.5 Å². The summed E-state index contributed by atoms with van der Waals surface area (Å²) in [6, 6.07) is 0. The van der Waals surface area contributed by atoms with E-state index in [0.29, 0.717) is 0 Å². The molecule has 0 aromatic rings. The minimum Gasteiger partial charge on any atom is -0.155 e. The van der Waals surface area contributed by atoms with Gasteiger partial charge in [0.05, 0.1) is 0 Å². The molecule has 0 spiro atoms. The second-order valence-corrected chi connectivity index (χ2v) is 5.84. The summed E-state index contributed by atoms with van der Waals surface area (Å²) in [6.07, 6.45) is 2.99. The molecule has 2 aliphatic carbocycles. The van der Waals surface area contributed by atoms with Crippen LogP contribution in [0.15, 0.2) is 0 Å². The molecule has 4 atom stereocenters. The lowest BCUT2D eigenvalue weighted by molar-refractivity contribution is 0.483. The van der Waals surface area contributed by atoms with Gasteiger partial charge in [0.2, 0.25) is 0 Å². The van der Waals surface area contributed by atoms with E-state index in [4.69, 9.17) is 0 Å². The zero-order valence-electron chi connectivity index (χ0n) is 7.76. The summed E-state index contributed by atoms with van der Waals surface area (Å²) in [7, 11) is 0. The van der Waals surface area contributed by atoms with Crippen LogP contribution >= 0.6 is 11.8 Å². The van der Waals surface area contributed by atoms with Gasteiger partial charge in [-0.25, -0.2) is 0 Å². The first-order valence-electron chi connectivity index (χ1n) is 4.86. The molecule has 0 radical (unpaired) electrons. The largest absolute Gasteiger partial charge is 0.155 e. The van der Waals surface area contributed by atoms with Gasteiger partial charge in [-0.15, -0.1) is 0 Å². The maximum Gasteiger partial charge on any atom is 0.0222 e. The molecule has 1 heteroatoms. The molecule has 0 bridgehead atoms. The summed E-state index contributed by atoms with van der Waals surface area (Å²) in [5.74, 6) is 4.43. The van der Waals surface area contributed by atoms with Crippen molar-refractivity contribution >= 4 is 11.8 Å². The molecule has 0 N–H and O–H groups in total. The van der Waals surface area contributed by atoms with Gasteiger partial charge in [0.15, 0.2) is 0 Å². The third kappa shape index (κ3) is 0.898. The van der Waals surface area contributed by atoms with Crippen LogP contribution in [0.1, 0.15) is 33.6 Å². The van der Waals surface area contributed by atoms with Crippen LogP contribution in [0.3, 0.4) is 0 Å². The van der Waals surface area contributed by atoms with Gasteiger partial charge in [-0.3, -0.25) is 0 Å². The molecule has 0 saturated heterocycles. The first-order valence-corrected chi connectivity index (χ1v) is 5.85. The Morgan fingerprint density at radius 1 is 1.45 bits per heavy atom. The molecule has 11 heavy (non-hydrogen) atoms. The van der Waals surface area contributed by atoms with E-state index in [9.17, 15) is 0 Å². The second kappa shape index (κ2) is 2.42. The molecule has 64 valence electrons. The van der Waals surface area contributed by atoms with Gasteiger partial charge in [0, 0.05) is 4.75 Å². The van der Waals surface area contributed by atoms with Crippen LogP contribution in [0.2, 0.25) is 0 Å². The maximum absolute atomic E-state index is 2.45. The van der Waals surface area contributed by atoms with E-state index in [1.54, 1.807) is 0 Å². The number of fused-ring (bicyclic) bond motifs is 1. The van der Waals surface area contributed by atoms with Gasteiger partial charge in [-0.05, 0) is 36.3 Å². The molecular formula is C10H18S.